The van der Waals surface area contributed by atoms with Crippen molar-refractivity contribution in [3.63, 3.8) is 0 Å². The Morgan fingerprint density at radius 1 is 1.38 bits per heavy atom. The number of esters is 1. The fourth-order valence-electron chi connectivity index (χ4n) is 3.27. The van der Waals surface area contributed by atoms with Crippen molar-refractivity contribution in [2.75, 3.05) is 13.2 Å². The number of nitrogens with zero attached hydrogens (tertiary/aromatic N) is 1. The third kappa shape index (κ3) is 5.52. The van der Waals surface area contributed by atoms with E-state index in [2.05, 4.69) is 15.9 Å². The standard InChI is InChI=1S/C20H22BrNO5S2/c1-2-26-15-9-12(8-14(21)18(15)24)10-16-19(25)22(20(28)29-16)11-17(23)27-13-6-4-3-5-7-13/h8-10,13,24H,2-7,11H2,1H3/b16-10-. The maximum absolute atomic E-state index is 12.8. The molecule has 0 radical (unpaired) electrons. The van der Waals surface area contributed by atoms with Crippen LogP contribution in [0.25, 0.3) is 6.08 Å². The highest BCUT2D eigenvalue weighted by molar-refractivity contribution is 9.10. The summed E-state index contributed by atoms with van der Waals surface area (Å²) < 4.78 is 11.7. The average molecular weight is 500 g/mol. The summed E-state index contributed by atoms with van der Waals surface area (Å²) in [5, 5.41) is 10.0. The highest BCUT2D eigenvalue weighted by atomic mass is 79.9. The number of carbonyl (C=O) groups is 2. The molecule has 0 bridgehead atoms. The quantitative estimate of drug-likeness (QED) is 0.347. The van der Waals surface area contributed by atoms with E-state index < -0.39 is 5.97 Å². The lowest BCUT2D eigenvalue weighted by Gasteiger charge is -2.23. The number of ether oxygens (including phenoxy) is 2. The Morgan fingerprint density at radius 2 is 2.10 bits per heavy atom. The van der Waals surface area contributed by atoms with Gasteiger partial charge >= 0.3 is 5.97 Å². The van der Waals surface area contributed by atoms with Gasteiger partial charge in [-0.25, -0.2) is 0 Å². The Hall–Kier alpha value is -1.58. The van der Waals surface area contributed by atoms with Gasteiger partial charge in [0.05, 0.1) is 16.0 Å². The third-order valence-corrected chi connectivity index (χ3v) is 6.64. The van der Waals surface area contributed by atoms with Gasteiger partial charge in [0.15, 0.2) is 11.5 Å². The van der Waals surface area contributed by atoms with E-state index in [1.54, 1.807) is 18.2 Å². The average Bonchev–Trinajstić information content (AvgIpc) is 2.94. The number of halogens is 1. The summed E-state index contributed by atoms with van der Waals surface area (Å²) in [7, 11) is 0. The summed E-state index contributed by atoms with van der Waals surface area (Å²) in [6.45, 7) is 2.04. The summed E-state index contributed by atoms with van der Waals surface area (Å²) in [4.78, 5) is 26.7. The first kappa shape index (κ1) is 22.1. The van der Waals surface area contributed by atoms with Crippen molar-refractivity contribution in [3.05, 3.63) is 27.1 Å². The summed E-state index contributed by atoms with van der Waals surface area (Å²) in [6, 6.07) is 3.33. The van der Waals surface area contributed by atoms with Gasteiger partial charge in [-0.1, -0.05) is 30.4 Å². The van der Waals surface area contributed by atoms with Crippen molar-refractivity contribution in [1.82, 2.24) is 4.90 Å². The Bertz CT molecular complexity index is 852. The molecule has 1 aliphatic heterocycles. The molecule has 1 saturated heterocycles. The highest BCUT2D eigenvalue weighted by Gasteiger charge is 2.34. The summed E-state index contributed by atoms with van der Waals surface area (Å²) in [5.74, 6) is -0.440. The van der Waals surface area contributed by atoms with Crippen LogP contribution >= 0.6 is 39.9 Å². The van der Waals surface area contributed by atoms with Gasteiger partial charge < -0.3 is 14.6 Å². The van der Waals surface area contributed by atoms with E-state index in [1.807, 2.05) is 6.92 Å². The molecule has 1 saturated carbocycles. The van der Waals surface area contributed by atoms with Crippen molar-refractivity contribution in [2.24, 2.45) is 0 Å². The largest absolute Gasteiger partial charge is 0.503 e. The normalized spacial score (nSPS) is 19.1. The van der Waals surface area contributed by atoms with Crippen molar-refractivity contribution in [1.29, 1.82) is 0 Å². The fourth-order valence-corrected chi connectivity index (χ4v) is 4.98. The maximum atomic E-state index is 12.8. The molecule has 2 fully saturated rings. The van der Waals surface area contributed by atoms with Crippen LogP contribution in [0.5, 0.6) is 11.5 Å². The van der Waals surface area contributed by atoms with Crippen LogP contribution in [0.15, 0.2) is 21.5 Å². The van der Waals surface area contributed by atoms with Crippen LogP contribution in [-0.2, 0) is 14.3 Å². The van der Waals surface area contributed by atoms with Crippen LogP contribution in [0, 0.1) is 0 Å². The lowest BCUT2D eigenvalue weighted by molar-refractivity contribution is -0.152. The van der Waals surface area contributed by atoms with Gasteiger partial charge in [0, 0.05) is 0 Å². The molecule has 1 heterocycles. The summed E-state index contributed by atoms with van der Waals surface area (Å²) >= 11 is 9.72. The first-order valence-electron chi connectivity index (χ1n) is 9.49. The van der Waals surface area contributed by atoms with Crippen LogP contribution in [0.3, 0.4) is 0 Å². The van der Waals surface area contributed by atoms with Crippen LogP contribution in [0.2, 0.25) is 0 Å². The van der Waals surface area contributed by atoms with Gasteiger partial charge in [0.1, 0.15) is 17.0 Å². The molecule has 1 amide bonds. The van der Waals surface area contributed by atoms with E-state index in [0.717, 1.165) is 37.4 Å². The molecule has 3 rings (SSSR count). The van der Waals surface area contributed by atoms with E-state index in [0.29, 0.717) is 31.6 Å². The molecule has 29 heavy (non-hydrogen) atoms. The zero-order valence-corrected chi connectivity index (χ0v) is 19.2. The number of thiocarbonyl (C=S) groups is 1. The van der Waals surface area contributed by atoms with Crippen molar-refractivity contribution in [3.8, 4) is 11.5 Å². The number of hydrogen-bond acceptors (Lipinski definition) is 7. The molecular formula is C20H22BrNO5S2. The molecule has 0 atom stereocenters. The van der Waals surface area contributed by atoms with Gasteiger partial charge in [0.25, 0.3) is 5.91 Å². The lowest BCUT2D eigenvalue weighted by atomic mass is 9.98. The molecular weight excluding hydrogens is 478 g/mol. The second-order valence-electron chi connectivity index (χ2n) is 6.80. The predicted molar refractivity (Wildman–Crippen MR) is 120 cm³/mol. The van der Waals surface area contributed by atoms with Gasteiger partial charge in [-0.2, -0.15) is 0 Å². The van der Waals surface area contributed by atoms with Crippen LogP contribution in [0.1, 0.15) is 44.6 Å². The number of amides is 1. The van der Waals surface area contributed by atoms with Gasteiger partial charge in [0.2, 0.25) is 0 Å². The highest BCUT2D eigenvalue weighted by Crippen LogP contribution is 2.38. The number of aromatic hydroxyl groups is 1. The van der Waals surface area contributed by atoms with Gasteiger partial charge in [-0.3, -0.25) is 14.5 Å². The topological polar surface area (TPSA) is 76.1 Å². The molecule has 2 aliphatic rings. The minimum atomic E-state index is -0.430. The molecule has 1 N–H and O–H groups in total. The molecule has 0 spiro atoms. The van der Waals surface area contributed by atoms with Crippen molar-refractivity contribution >= 4 is 62.2 Å². The molecule has 6 nitrogen and oxygen atoms in total. The minimum absolute atomic E-state index is 0.00186. The van der Waals surface area contributed by atoms with Crippen LogP contribution < -0.4 is 4.74 Å². The Balaban J connectivity index is 1.70. The number of thioether (sulfide) groups is 1. The Morgan fingerprint density at radius 3 is 2.79 bits per heavy atom. The number of phenols is 1. The number of rotatable bonds is 6. The fraction of sp³-hybridized carbons (Fsp3) is 0.450. The maximum Gasteiger partial charge on any atom is 0.326 e. The predicted octanol–water partition coefficient (Wildman–Crippen LogP) is 4.63. The lowest BCUT2D eigenvalue weighted by Crippen LogP contribution is -2.36. The monoisotopic (exact) mass is 499 g/mol. The van der Waals surface area contributed by atoms with Crippen LogP contribution in [0.4, 0.5) is 0 Å². The number of phenolic OH excluding ortho intramolecular Hbond substituents is 1. The molecule has 0 aromatic heterocycles. The molecule has 1 aliphatic carbocycles. The number of hydrogen-bond donors (Lipinski definition) is 1. The molecule has 0 unspecified atom stereocenters. The zero-order valence-electron chi connectivity index (χ0n) is 16.0. The van der Waals surface area contributed by atoms with E-state index in [1.165, 1.54) is 11.3 Å². The van der Waals surface area contributed by atoms with Crippen LogP contribution in [-0.4, -0.2) is 45.5 Å². The summed E-state index contributed by atoms with van der Waals surface area (Å²) in [5.41, 5.74) is 0.670. The second-order valence-corrected chi connectivity index (χ2v) is 9.33. The third-order valence-electron chi connectivity index (χ3n) is 4.66. The molecule has 1 aromatic rings. The first-order chi connectivity index (χ1) is 13.9. The molecule has 1 aromatic carbocycles. The molecule has 9 heteroatoms. The van der Waals surface area contributed by atoms with E-state index >= 15 is 0 Å². The zero-order chi connectivity index (χ0) is 21.0. The van der Waals surface area contributed by atoms with E-state index in [-0.39, 0.29) is 24.3 Å². The Kier molecular flexibility index (Phi) is 7.59. The Labute approximate surface area is 187 Å². The van der Waals surface area contributed by atoms with Crippen molar-refractivity contribution < 1.29 is 24.2 Å². The number of carbonyl (C=O) groups excluding carboxylic acids is 2. The minimum Gasteiger partial charge on any atom is -0.503 e. The second kappa shape index (κ2) is 9.95. The first-order valence-corrected chi connectivity index (χ1v) is 11.5. The van der Waals surface area contributed by atoms with Gasteiger partial charge in [-0.05, 0) is 72.3 Å². The summed E-state index contributed by atoms with van der Waals surface area (Å²) in [6.07, 6.45) is 6.66. The van der Waals surface area contributed by atoms with Crippen molar-refractivity contribution in [2.45, 2.75) is 45.1 Å². The van der Waals surface area contributed by atoms with Gasteiger partial charge in [-0.15, -0.1) is 0 Å². The SMILES string of the molecule is CCOc1cc(/C=C2\SC(=S)N(CC(=O)OC3CCCCC3)C2=O)cc(Br)c1O. The molecule has 156 valence electrons. The number of benzene rings is 1. The van der Waals surface area contributed by atoms with E-state index in [9.17, 15) is 14.7 Å². The smallest absolute Gasteiger partial charge is 0.326 e. The van der Waals surface area contributed by atoms with E-state index in [4.69, 9.17) is 21.7 Å².